The predicted molar refractivity (Wildman–Crippen MR) is 100 cm³/mol. The van der Waals surface area contributed by atoms with E-state index in [-0.39, 0.29) is 24.2 Å². The fourth-order valence-electron chi connectivity index (χ4n) is 3.80. The van der Waals surface area contributed by atoms with Gasteiger partial charge in [-0.2, -0.15) is 0 Å². The summed E-state index contributed by atoms with van der Waals surface area (Å²) < 4.78 is 14.2. The van der Waals surface area contributed by atoms with E-state index in [1.54, 1.807) is 0 Å². The van der Waals surface area contributed by atoms with Crippen LogP contribution >= 0.6 is 0 Å². The predicted octanol–water partition coefficient (Wildman–Crippen LogP) is 1.04. The van der Waals surface area contributed by atoms with Crippen molar-refractivity contribution in [3.8, 4) is 0 Å². The molecule has 2 aliphatic rings. The molecule has 0 bridgehead atoms. The number of rotatable bonds is 5. The third kappa shape index (κ3) is 4.55. The number of hydrogen-bond donors (Lipinski definition) is 1. The minimum absolute atomic E-state index is 0.0486. The standard InChI is InChI=1S/C20H26N4O3/c1-15(25)22-17-12-26-19-10-23(11-20(19)27-13-17)9-18-7-21-14-24(18)8-16-5-3-2-4-6-16/h2-7,14,17,19-20H,8-13H2,1H3,(H,22,25)/t19-,20-/m0/s1. The number of amides is 1. The lowest BCUT2D eigenvalue weighted by atomic mass is 10.2. The summed E-state index contributed by atoms with van der Waals surface area (Å²) in [5.74, 6) is -0.0486. The number of hydrogen-bond acceptors (Lipinski definition) is 5. The van der Waals surface area contributed by atoms with Crippen molar-refractivity contribution in [2.24, 2.45) is 0 Å². The first kappa shape index (κ1) is 18.2. The maximum Gasteiger partial charge on any atom is 0.217 e. The monoisotopic (exact) mass is 370 g/mol. The molecule has 0 unspecified atom stereocenters. The smallest absolute Gasteiger partial charge is 0.217 e. The summed E-state index contributed by atoms with van der Waals surface area (Å²) in [5, 5.41) is 2.88. The van der Waals surface area contributed by atoms with Gasteiger partial charge in [0.15, 0.2) is 0 Å². The highest BCUT2D eigenvalue weighted by atomic mass is 16.6. The molecule has 0 spiro atoms. The third-order valence-electron chi connectivity index (χ3n) is 5.10. The Kier molecular flexibility index (Phi) is 5.52. The molecule has 1 aromatic heterocycles. The molecule has 7 heteroatoms. The lowest BCUT2D eigenvalue weighted by Gasteiger charge is -2.19. The average molecular weight is 370 g/mol. The minimum atomic E-state index is -0.0612. The van der Waals surface area contributed by atoms with Gasteiger partial charge in [0.1, 0.15) is 0 Å². The first-order chi connectivity index (χ1) is 13.2. The van der Waals surface area contributed by atoms with Gasteiger partial charge in [-0.25, -0.2) is 4.98 Å². The normalized spacial score (nSPS) is 23.7. The van der Waals surface area contributed by atoms with Crippen molar-refractivity contribution in [3.63, 3.8) is 0 Å². The van der Waals surface area contributed by atoms with Gasteiger partial charge in [-0.05, 0) is 5.56 Å². The number of benzene rings is 1. The van der Waals surface area contributed by atoms with Crippen molar-refractivity contribution in [2.75, 3.05) is 26.3 Å². The van der Waals surface area contributed by atoms with Crippen molar-refractivity contribution in [1.82, 2.24) is 19.8 Å². The Labute approximate surface area is 159 Å². The van der Waals surface area contributed by atoms with E-state index in [0.29, 0.717) is 13.2 Å². The SMILES string of the molecule is CC(=O)NC1CO[C@H]2CN(Cc3cncn3Cc3ccccc3)C[C@@H]2OC1. The van der Waals surface area contributed by atoms with Crippen molar-refractivity contribution in [3.05, 3.63) is 54.1 Å². The van der Waals surface area contributed by atoms with Crippen LogP contribution in [0, 0.1) is 0 Å². The van der Waals surface area contributed by atoms with Gasteiger partial charge < -0.3 is 19.4 Å². The maximum atomic E-state index is 11.2. The zero-order valence-corrected chi connectivity index (χ0v) is 15.6. The molecule has 1 N–H and O–H groups in total. The Bertz CT molecular complexity index is 748. The van der Waals surface area contributed by atoms with E-state index >= 15 is 0 Å². The third-order valence-corrected chi connectivity index (χ3v) is 5.10. The Morgan fingerprint density at radius 3 is 2.52 bits per heavy atom. The van der Waals surface area contributed by atoms with E-state index in [1.165, 1.54) is 18.2 Å². The first-order valence-electron chi connectivity index (χ1n) is 9.43. The lowest BCUT2D eigenvalue weighted by Crippen LogP contribution is -2.40. The van der Waals surface area contributed by atoms with Crippen LogP contribution in [0.25, 0.3) is 0 Å². The Morgan fingerprint density at radius 2 is 1.85 bits per heavy atom. The molecular formula is C20H26N4O3. The van der Waals surface area contributed by atoms with Crippen molar-refractivity contribution in [2.45, 2.75) is 38.3 Å². The summed E-state index contributed by atoms with van der Waals surface area (Å²) in [4.78, 5) is 17.9. The number of fused-ring (bicyclic) bond motifs is 1. The Hall–Kier alpha value is -2.22. The van der Waals surface area contributed by atoms with Gasteiger partial charge in [0.2, 0.25) is 5.91 Å². The molecule has 2 atom stereocenters. The van der Waals surface area contributed by atoms with Crippen molar-refractivity contribution < 1.29 is 14.3 Å². The van der Waals surface area contributed by atoms with Crippen LogP contribution in [0.2, 0.25) is 0 Å². The molecule has 2 fully saturated rings. The summed E-state index contributed by atoms with van der Waals surface area (Å²) in [5.41, 5.74) is 2.45. The zero-order chi connectivity index (χ0) is 18.6. The molecule has 2 aromatic rings. The average Bonchev–Trinajstić information content (AvgIpc) is 3.20. The highest BCUT2D eigenvalue weighted by molar-refractivity contribution is 5.73. The molecular weight excluding hydrogens is 344 g/mol. The zero-order valence-electron chi connectivity index (χ0n) is 15.6. The molecule has 0 saturated carbocycles. The number of aromatic nitrogens is 2. The number of likely N-dealkylation sites (tertiary alicyclic amines) is 1. The molecule has 0 aliphatic carbocycles. The first-order valence-corrected chi connectivity index (χ1v) is 9.43. The summed E-state index contributed by atoms with van der Waals surface area (Å²) in [6.45, 7) is 5.82. The molecule has 0 radical (unpaired) electrons. The second-order valence-corrected chi connectivity index (χ2v) is 7.33. The fourth-order valence-corrected chi connectivity index (χ4v) is 3.80. The van der Waals surface area contributed by atoms with E-state index in [0.717, 1.165) is 26.2 Å². The number of ether oxygens (including phenoxy) is 2. The number of nitrogens with one attached hydrogen (secondary N) is 1. The van der Waals surface area contributed by atoms with Crippen LogP contribution in [-0.4, -0.2) is 64.9 Å². The Balaban J connectivity index is 1.34. The van der Waals surface area contributed by atoms with Crippen LogP contribution in [-0.2, 0) is 27.4 Å². The number of carbonyl (C=O) groups is 1. The van der Waals surface area contributed by atoms with Crippen LogP contribution < -0.4 is 5.32 Å². The van der Waals surface area contributed by atoms with E-state index in [2.05, 4.69) is 44.0 Å². The second kappa shape index (κ2) is 8.21. The van der Waals surface area contributed by atoms with Gasteiger partial charge in [0.25, 0.3) is 0 Å². The molecule has 27 heavy (non-hydrogen) atoms. The molecule has 7 nitrogen and oxygen atoms in total. The van der Waals surface area contributed by atoms with Gasteiger partial charge >= 0.3 is 0 Å². The quantitative estimate of drug-likeness (QED) is 0.852. The van der Waals surface area contributed by atoms with E-state index in [9.17, 15) is 4.79 Å². The second-order valence-electron chi connectivity index (χ2n) is 7.33. The largest absolute Gasteiger partial charge is 0.372 e. The molecule has 3 heterocycles. The molecule has 1 aromatic carbocycles. The van der Waals surface area contributed by atoms with Gasteiger partial charge in [0.05, 0.1) is 43.5 Å². The van der Waals surface area contributed by atoms with Crippen LogP contribution in [0.5, 0.6) is 0 Å². The van der Waals surface area contributed by atoms with Crippen molar-refractivity contribution in [1.29, 1.82) is 0 Å². The minimum Gasteiger partial charge on any atom is -0.372 e. The van der Waals surface area contributed by atoms with Crippen LogP contribution in [0.15, 0.2) is 42.9 Å². The highest BCUT2D eigenvalue weighted by Gasteiger charge is 2.37. The molecule has 2 saturated heterocycles. The van der Waals surface area contributed by atoms with Gasteiger partial charge in [0, 0.05) is 39.3 Å². The molecule has 144 valence electrons. The summed E-state index contributed by atoms with van der Waals surface area (Å²) >= 11 is 0. The molecule has 2 aliphatic heterocycles. The van der Waals surface area contributed by atoms with Crippen LogP contribution in [0.4, 0.5) is 0 Å². The van der Waals surface area contributed by atoms with E-state index in [4.69, 9.17) is 9.47 Å². The number of carbonyl (C=O) groups excluding carboxylic acids is 1. The summed E-state index contributed by atoms with van der Waals surface area (Å²) in [6.07, 6.45) is 3.93. The maximum absolute atomic E-state index is 11.2. The summed E-state index contributed by atoms with van der Waals surface area (Å²) in [6, 6.07) is 10.3. The van der Waals surface area contributed by atoms with Crippen molar-refractivity contribution >= 4 is 5.91 Å². The molecule has 1 amide bonds. The Morgan fingerprint density at radius 1 is 1.15 bits per heavy atom. The van der Waals surface area contributed by atoms with Crippen LogP contribution in [0.3, 0.4) is 0 Å². The fraction of sp³-hybridized carbons (Fsp3) is 0.500. The number of nitrogens with zero attached hydrogens (tertiary/aromatic N) is 3. The van der Waals surface area contributed by atoms with E-state index < -0.39 is 0 Å². The summed E-state index contributed by atoms with van der Waals surface area (Å²) in [7, 11) is 0. The van der Waals surface area contributed by atoms with Gasteiger partial charge in [-0.3, -0.25) is 9.69 Å². The topological polar surface area (TPSA) is 68.6 Å². The number of imidazole rings is 1. The highest BCUT2D eigenvalue weighted by Crippen LogP contribution is 2.22. The van der Waals surface area contributed by atoms with Crippen LogP contribution in [0.1, 0.15) is 18.2 Å². The van der Waals surface area contributed by atoms with Gasteiger partial charge in [-0.15, -0.1) is 0 Å². The lowest BCUT2D eigenvalue weighted by molar-refractivity contribution is -0.120. The van der Waals surface area contributed by atoms with E-state index in [1.807, 2.05) is 18.6 Å². The molecule has 4 rings (SSSR count). The van der Waals surface area contributed by atoms with Gasteiger partial charge in [-0.1, -0.05) is 30.3 Å².